The van der Waals surface area contributed by atoms with Crippen molar-refractivity contribution >= 4 is 11.6 Å². The van der Waals surface area contributed by atoms with Crippen molar-refractivity contribution in [2.24, 2.45) is 0 Å². The van der Waals surface area contributed by atoms with Crippen molar-refractivity contribution in [2.75, 3.05) is 0 Å². The van der Waals surface area contributed by atoms with Crippen molar-refractivity contribution in [3.05, 3.63) is 33.8 Å². The van der Waals surface area contributed by atoms with Gasteiger partial charge in [-0.15, -0.1) is 0 Å². The number of aryl methyl sites for hydroxylation is 1. The molecule has 1 aromatic carbocycles. The fourth-order valence-electron chi connectivity index (χ4n) is 2.05. The summed E-state index contributed by atoms with van der Waals surface area (Å²) in [5.41, 5.74) is 4.02. The van der Waals surface area contributed by atoms with E-state index >= 15 is 0 Å². The maximum atomic E-state index is 6.36. The minimum Gasteiger partial charge on any atom is -0.0840 e. The van der Waals surface area contributed by atoms with Crippen molar-refractivity contribution in [3.63, 3.8) is 0 Å². The topological polar surface area (TPSA) is 0 Å². The summed E-state index contributed by atoms with van der Waals surface area (Å²) >= 11 is 6.36. The Morgan fingerprint density at radius 3 is 2.00 bits per heavy atom. The van der Waals surface area contributed by atoms with Gasteiger partial charge >= 0.3 is 0 Å². The Morgan fingerprint density at radius 1 is 1.13 bits per heavy atom. The van der Waals surface area contributed by atoms with Crippen LogP contribution in [0.25, 0.3) is 0 Å². The van der Waals surface area contributed by atoms with E-state index in [2.05, 4.69) is 53.7 Å². The molecule has 1 rings (SSSR count). The van der Waals surface area contributed by atoms with Crippen LogP contribution in [0.4, 0.5) is 0 Å². The first kappa shape index (κ1) is 12.6. The molecule has 0 atom stereocenters. The van der Waals surface area contributed by atoms with Gasteiger partial charge in [-0.05, 0) is 41.0 Å². The fraction of sp³-hybridized carbons (Fsp3) is 0.571. The summed E-state index contributed by atoms with van der Waals surface area (Å²) in [6.45, 7) is 13.2. The SMILES string of the molecule is Cc1cc(C(C)C)cc(Cl)c1C(C)(C)C. The molecule has 0 saturated heterocycles. The summed E-state index contributed by atoms with van der Waals surface area (Å²) in [6, 6.07) is 4.37. The molecular weight excluding hydrogens is 204 g/mol. The van der Waals surface area contributed by atoms with Crippen LogP contribution in [0.3, 0.4) is 0 Å². The van der Waals surface area contributed by atoms with Crippen LogP contribution in [0.2, 0.25) is 5.02 Å². The van der Waals surface area contributed by atoms with Crippen LogP contribution in [0.15, 0.2) is 12.1 Å². The lowest BCUT2D eigenvalue weighted by atomic mass is 9.82. The van der Waals surface area contributed by atoms with Gasteiger partial charge < -0.3 is 0 Å². The van der Waals surface area contributed by atoms with Crippen LogP contribution in [0, 0.1) is 6.92 Å². The van der Waals surface area contributed by atoms with Crippen LogP contribution >= 0.6 is 11.6 Å². The van der Waals surface area contributed by atoms with Gasteiger partial charge in [0.2, 0.25) is 0 Å². The molecular formula is C14H21Cl. The number of benzene rings is 1. The van der Waals surface area contributed by atoms with E-state index in [-0.39, 0.29) is 5.41 Å². The molecule has 1 heteroatoms. The molecule has 0 amide bonds. The van der Waals surface area contributed by atoms with Gasteiger partial charge in [0.15, 0.2) is 0 Å². The second-order valence-corrected chi connectivity index (χ2v) is 6.01. The number of hydrogen-bond donors (Lipinski definition) is 0. The standard InChI is InChI=1S/C14H21Cl/c1-9(2)11-7-10(3)13(12(15)8-11)14(4,5)6/h7-9H,1-6H3. The van der Waals surface area contributed by atoms with E-state index in [1.807, 2.05) is 0 Å². The normalized spacial score (nSPS) is 12.3. The van der Waals surface area contributed by atoms with Crippen LogP contribution in [0.5, 0.6) is 0 Å². The highest BCUT2D eigenvalue weighted by molar-refractivity contribution is 6.31. The first-order chi connectivity index (χ1) is 6.73. The summed E-state index contributed by atoms with van der Waals surface area (Å²) in [5.74, 6) is 0.537. The van der Waals surface area contributed by atoms with Gasteiger partial charge in [0.25, 0.3) is 0 Å². The predicted molar refractivity (Wildman–Crippen MR) is 69.0 cm³/mol. The zero-order chi connectivity index (χ0) is 11.8. The van der Waals surface area contributed by atoms with E-state index in [0.717, 1.165) is 5.02 Å². The first-order valence-electron chi connectivity index (χ1n) is 5.54. The van der Waals surface area contributed by atoms with E-state index in [1.54, 1.807) is 0 Å². The van der Waals surface area contributed by atoms with Crippen molar-refractivity contribution in [2.45, 2.75) is 52.9 Å². The van der Waals surface area contributed by atoms with Crippen LogP contribution in [-0.4, -0.2) is 0 Å². The van der Waals surface area contributed by atoms with Gasteiger partial charge in [-0.25, -0.2) is 0 Å². The third kappa shape index (κ3) is 2.75. The summed E-state index contributed by atoms with van der Waals surface area (Å²) in [4.78, 5) is 0. The monoisotopic (exact) mass is 224 g/mol. The Bertz CT molecular complexity index is 333. The third-order valence-electron chi connectivity index (χ3n) is 2.73. The predicted octanol–water partition coefficient (Wildman–Crippen LogP) is 5.07. The molecule has 0 radical (unpaired) electrons. The molecule has 0 spiro atoms. The zero-order valence-electron chi connectivity index (χ0n) is 10.6. The van der Waals surface area contributed by atoms with E-state index in [0.29, 0.717) is 5.92 Å². The van der Waals surface area contributed by atoms with E-state index in [4.69, 9.17) is 11.6 Å². The van der Waals surface area contributed by atoms with Gasteiger partial charge in [-0.2, -0.15) is 0 Å². The summed E-state index contributed by atoms with van der Waals surface area (Å²) < 4.78 is 0. The molecule has 0 N–H and O–H groups in total. The Balaban J connectivity index is 3.34. The Morgan fingerprint density at radius 2 is 1.67 bits per heavy atom. The van der Waals surface area contributed by atoms with Gasteiger partial charge in [0.1, 0.15) is 0 Å². The van der Waals surface area contributed by atoms with Crippen molar-refractivity contribution < 1.29 is 0 Å². The van der Waals surface area contributed by atoms with Crippen molar-refractivity contribution in [1.29, 1.82) is 0 Å². The molecule has 0 aliphatic heterocycles. The molecule has 0 unspecified atom stereocenters. The number of hydrogen-bond acceptors (Lipinski definition) is 0. The van der Waals surface area contributed by atoms with E-state index in [9.17, 15) is 0 Å². The lowest BCUT2D eigenvalue weighted by Crippen LogP contribution is -2.14. The van der Waals surface area contributed by atoms with Gasteiger partial charge in [0.05, 0.1) is 0 Å². The zero-order valence-corrected chi connectivity index (χ0v) is 11.4. The average molecular weight is 225 g/mol. The maximum Gasteiger partial charge on any atom is 0.0448 e. The molecule has 84 valence electrons. The van der Waals surface area contributed by atoms with Crippen LogP contribution in [-0.2, 0) is 5.41 Å². The van der Waals surface area contributed by atoms with Crippen molar-refractivity contribution in [1.82, 2.24) is 0 Å². The second-order valence-electron chi connectivity index (χ2n) is 5.60. The molecule has 0 nitrogen and oxygen atoms in total. The quantitative estimate of drug-likeness (QED) is 0.625. The molecule has 15 heavy (non-hydrogen) atoms. The Labute approximate surface area is 98.7 Å². The number of halogens is 1. The van der Waals surface area contributed by atoms with Gasteiger partial charge in [0, 0.05) is 5.02 Å². The molecule has 0 bridgehead atoms. The Hall–Kier alpha value is -0.490. The van der Waals surface area contributed by atoms with Crippen LogP contribution < -0.4 is 0 Å². The van der Waals surface area contributed by atoms with E-state index in [1.165, 1.54) is 16.7 Å². The summed E-state index contributed by atoms with van der Waals surface area (Å²) in [6.07, 6.45) is 0. The lowest BCUT2D eigenvalue weighted by Gasteiger charge is -2.24. The summed E-state index contributed by atoms with van der Waals surface area (Å²) in [5, 5.41) is 0.909. The maximum absolute atomic E-state index is 6.36. The highest BCUT2D eigenvalue weighted by Gasteiger charge is 2.20. The van der Waals surface area contributed by atoms with Gasteiger partial charge in [-0.1, -0.05) is 52.3 Å². The highest BCUT2D eigenvalue weighted by Crippen LogP contribution is 2.34. The van der Waals surface area contributed by atoms with E-state index < -0.39 is 0 Å². The smallest absolute Gasteiger partial charge is 0.0448 e. The lowest BCUT2D eigenvalue weighted by molar-refractivity contribution is 0.585. The highest BCUT2D eigenvalue weighted by atomic mass is 35.5. The second kappa shape index (κ2) is 4.17. The Kier molecular flexibility index (Phi) is 3.50. The molecule has 0 heterocycles. The third-order valence-corrected chi connectivity index (χ3v) is 3.02. The van der Waals surface area contributed by atoms with Crippen molar-refractivity contribution in [3.8, 4) is 0 Å². The molecule has 0 aromatic heterocycles. The molecule has 0 saturated carbocycles. The fourth-order valence-corrected chi connectivity index (χ4v) is 2.61. The van der Waals surface area contributed by atoms with Crippen LogP contribution in [0.1, 0.15) is 57.2 Å². The molecule has 0 aliphatic rings. The number of rotatable bonds is 1. The first-order valence-corrected chi connectivity index (χ1v) is 5.92. The molecule has 1 aromatic rings. The molecule has 0 fully saturated rings. The largest absolute Gasteiger partial charge is 0.0840 e. The minimum atomic E-state index is 0.122. The summed E-state index contributed by atoms with van der Waals surface area (Å²) in [7, 11) is 0. The minimum absolute atomic E-state index is 0.122. The van der Waals surface area contributed by atoms with Gasteiger partial charge in [-0.3, -0.25) is 0 Å². The molecule has 0 aliphatic carbocycles. The average Bonchev–Trinajstić information content (AvgIpc) is 1.99.